The summed E-state index contributed by atoms with van der Waals surface area (Å²) >= 11 is 6.13. The maximum Gasteiger partial charge on any atom is 0.304 e. The highest BCUT2D eigenvalue weighted by molar-refractivity contribution is 8.23. The van der Waals surface area contributed by atoms with Crippen LogP contribution in [0.5, 0.6) is 0 Å². The van der Waals surface area contributed by atoms with Crippen LogP contribution in [-0.2, 0) is 4.79 Å². The lowest BCUT2D eigenvalue weighted by atomic mass is 10.5. The molecular weight excluding hydrogens is 156 g/mol. The van der Waals surface area contributed by atoms with E-state index in [-0.39, 0.29) is 6.42 Å². The second kappa shape index (κ2) is 4.76. The Kier molecular flexibility index (Phi) is 4.71. The van der Waals surface area contributed by atoms with Crippen molar-refractivity contribution in [1.82, 2.24) is 0 Å². The van der Waals surface area contributed by atoms with E-state index in [9.17, 15) is 4.79 Å². The number of carboxylic acids is 1. The van der Waals surface area contributed by atoms with Gasteiger partial charge in [0, 0.05) is 9.95 Å². The van der Waals surface area contributed by atoms with E-state index in [1.165, 1.54) is 11.8 Å². The van der Waals surface area contributed by atoms with E-state index in [4.69, 9.17) is 17.3 Å². The molecule has 0 heterocycles. The Morgan fingerprint density at radius 2 is 2.33 bits per heavy atom. The van der Waals surface area contributed by atoms with Gasteiger partial charge < -0.3 is 5.11 Å². The number of hydrogen-bond donors (Lipinski definition) is 1. The minimum absolute atomic E-state index is 0.193. The largest absolute Gasteiger partial charge is 0.481 e. The van der Waals surface area contributed by atoms with Gasteiger partial charge in [0.2, 0.25) is 0 Å². The van der Waals surface area contributed by atoms with E-state index in [2.05, 4.69) is 0 Å². The number of carboxylic acid groups (broad SMARTS) is 1. The Balaban J connectivity index is 3.10. The van der Waals surface area contributed by atoms with Gasteiger partial charge in [0.15, 0.2) is 0 Å². The Hall–Kier alpha value is -0.0900. The van der Waals surface area contributed by atoms with Gasteiger partial charge in [-0.1, -0.05) is 12.2 Å². The number of rotatable bonds is 3. The molecule has 52 valence electrons. The van der Waals surface area contributed by atoms with Gasteiger partial charge in [-0.25, -0.2) is 0 Å². The van der Waals surface area contributed by atoms with Gasteiger partial charge in [0.25, 0.3) is 0 Å². The Morgan fingerprint density at radius 1 is 1.78 bits per heavy atom. The average Bonchev–Trinajstić information content (AvgIpc) is 1.63. The predicted octanol–water partition coefficient (Wildman–Crippen LogP) is 1.54. The fourth-order valence-electron chi connectivity index (χ4n) is 0.282. The molecule has 4 heteroatoms. The topological polar surface area (TPSA) is 37.3 Å². The minimum Gasteiger partial charge on any atom is -0.481 e. The van der Waals surface area contributed by atoms with E-state index in [1.54, 1.807) is 6.92 Å². The summed E-state index contributed by atoms with van der Waals surface area (Å²) in [5, 5.41) is 8.17. The Bertz CT molecular complexity index is 108. The summed E-state index contributed by atoms with van der Waals surface area (Å²) in [5.41, 5.74) is 0. The normalized spacial score (nSPS) is 9.00. The highest BCUT2D eigenvalue weighted by Crippen LogP contribution is 2.04. The molecule has 0 aromatic rings. The molecule has 0 spiro atoms. The zero-order valence-corrected chi connectivity index (χ0v) is 6.72. The molecule has 0 aliphatic rings. The first-order valence-electron chi connectivity index (χ1n) is 2.48. The third-order valence-corrected chi connectivity index (χ3v) is 1.79. The van der Waals surface area contributed by atoms with Crippen molar-refractivity contribution in [3.05, 3.63) is 0 Å². The van der Waals surface area contributed by atoms with Crippen LogP contribution in [0.25, 0.3) is 0 Å². The summed E-state index contributed by atoms with van der Waals surface area (Å²) in [4.78, 5) is 9.92. The molecule has 0 rings (SSSR count). The van der Waals surface area contributed by atoms with Crippen molar-refractivity contribution in [2.24, 2.45) is 0 Å². The highest BCUT2D eigenvalue weighted by Gasteiger charge is 1.95. The van der Waals surface area contributed by atoms with Gasteiger partial charge in [-0.2, -0.15) is 0 Å². The van der Waals surface area contributed by atoms with E-state index in [1.807, 2.05) is 0 Å². The summed E-state index contributed by atoms with van der Waals surface area (Å²) in [7, 11) is 0. The van der Waals surface area contributed by atoms with Crippen LogP contribution in [-0.4, -0.2) is 21.0 Å². The van der Waals surface area contributed by atoms with E-state index in [0.29, 0.717) is 5.75 Å². The van der Waals surface area contributed by atoms with Crippen molar-refractivity contribution in [2.45, 2.75) is 13.3 Å². The first-order valence-corrected chi connectivity index (χ1v) is 3.87. The maximum atomic E-state index is 9.92. The lowest BCUT2D eigenvalue weighted by Crippen LogP contribution is -1.96. The zero-order chi connectivity index (χ0) is 7.28. The van der Waals surface area contributed by atoms with Gasteiger partial charge in [0.1, 0.15) is 0 Å². The van der Waals surface area contributed by atoms with Crippen LogP contribution in [0.15, 0.2) is 0 Å². The highest BCUT2D eigenvalue weighted by atomic mass is 32.2. The first-order chi connectivity index (χ1) is 4.13. The molecule has 0 aromatic heterocycles. The third-order valence-electron chi connectivity index (χ3n) is 0.621. The number of aliphatic carboxylic acids is 1. The molecular formula is C5H8O2S2. The van der Waals surface area contributed by atoms with Gasteiger partial charge in [0.05, 0.1) is 6.42 Å². The number of thiocarbonyl (C=S) groups is 1. The molecule has 0 aromatic carbocycles. The minimum atomic E-state index is -0.765. The summed E-state index contributed by atoms with van der Waals surface area (Å²) < 4.78 is 0.802. The van der Waals surface area contributed by atoms with E-state index < -0.39 is 5.97 Å². The molecule has 0 saturated heterocycles. The molecule has 0 radical (unpaired) electrons. The predicted molar refractivity (Wildman–Crippen MR) is 43.0 cm³/mol. The zero-order valence-electron chi connectivity index (χ0n) is 5.09. The van der Waals surface area contributed by atoms with Crippen LogP contribution < -0.4 is 0 Å². The van der Waals surface area contributed by atoms with Gasteiger partial charge in [-0.15, -0.1) is 11.8 Å². The maximum absolute atomic E-state index is 9.92. The molecule has 1 N–H and O–H groups in total. The molecule has 0 unspecified atom stereocenters. The SMILES string of the molecule is CC(=S)SCCC(=O)O. The van der Waals surface area contributed by atoms with Gasteiger partial charge in [-0.05, 0) is 6.92 Å². The molecule has 2 nitrogen and oxygen atoms in total. The third kappa shape index (κ3) is 7.91. The van der Waals surface area contributed by atoms with Crippen LogP contribution in [0.2, 0.25) is 0 Å². The first kappa shape index (κ1) is 8.91. The number of carbonyl (C=O) groups is 1. The molecule has 0 aliphatic carbocycles. The average molecular weight is 164 g/mol. The monoisotopic (exact) mass is 164 g/mol. The molecule has 0 atom stereocenters. The molecule has 0 saturated carbocycles. The van der Waals surface area contributed by atoms with Crippen LogP contribution in [0, 0.1) is 0 Å². The quantitative estimate of drug-likeness (QED) is 0.642. The van der Waals surface area contributed by atoms with Gasteiger partial charge in [-0.3, -0.25) is 4.79 Å². The van der Waals surface area contributed by atoms with Crippen molar-refractivity contribution in [3.63, 3.8) is 0 Å². The van der Waals surface area contributed by atoms with E-state index in [0.717, 1.165) is 4.20 Å². The lowest BCUT2D eigenvalue weighted by molar-refractivity contribution is -0.136. The smallest absolute Gasteiger partial charge is 0.304 e. The van der Waals surface area contributed by atoms with Crippen LogP contribution in [0.4, 0.5) is 0 Å². The fraction of sp³-hybridized carbons (Fsp3) is 0.600. The Morgan fingerprint density at radius 3 is 2.67 bits per heavy atom. The van der Waals surface area contributed by atoms with Crippen molar-refractivity contribution in [3.8, 4) is 0 Å². The lowest BCUT2D eigenvalue weighted by Gasteiger charge is -1.92. The van der Waals surface area contributed by atoms with E-state index >= 15 is 0 Å². The molecule has 0 fully saturated rings. The molecule has 9 heavy (non-hydrogen) atoms. The fourth-order valence-corrected chi connectivity index (χ4v) is 1.10. The standard InChI is InChI=1S/C5H8O2S2/c1-4(8)9-3-2-5(6)7/h2-3H2,1H3,(H,6,7). The van der Waals surface area contributed by atoms with Crippen molar-refractivity contribution < 1.29 is 9.90 Å². The van der Waals surface area contributed by atoms with Crippen LogP contribution >= 0.6 is 24.0 Å². The molecule has 0 amide bonds. The van der Waals surface area contributed by atoms with Crippen molar-refractivity contribution >= 4 is 34.1 Å². The van der Waals surface area contributed by atoms with Crippen molar-refractivity contribution in [2.75, 3.05) is 5.75 Å². The number of thioether (sulfide) groups is 1. The molecule has 0 bridgehead atoms. The second-order valence-electron chi connectivity index (χ2n) is 1.48. The summed E-state index contributed by atoms with van der Waals surface area (Å²) in [5.74, 6) is -0.177. The summed E-state index contributed by atoms with van der Waals surface area (Å²) in [6.07, 6.45) is 0.193. The molecule has 0 aliphatic heterocycles. The van der Waals surface area contributed by atoms with Crippen LogP contribution in [0.3, 0.4) is 0 Å². The second-order valence-corrected chi connectivity index (χ2v) is 3.66. The number of hydrogen-bond acceptors (Lipinski definition) is 3. The van der Waals surface area contributed by atoms with Crippen LogP contribution in [0.1, 0.15) is 13.3 Å². The summed E-state index contributed by atoms with van der Waals surface area (Å²) in [6.45, 7) is 1.79. The summed E-state index contributed by atoms with van der Waals surface area (Å²) in [6, 6.07) is 0. The van der Waals surface area contributed by atoms with Crippen molar-refractivity contribution in [1.29, 1.82) is 0 Å². The Labute approximate surface area is 63.6 Å². The van der Waals surface area contributed by atoms with Gasteiger partial charge >= 0.3 is 5.97 Å².